The molecule has 0 fully saturated rings. The first-order valence-electron chi connectivity index (χ1n) is 6.23. The Hall–Kier alpha value is -3.30. The van der Waals surface area contributed by atoms with E-state index in [1.807, 2.05) is 6.07 Å². The quantitative estimate of drug-likeness (QED) is 0.830. The number of nitrogens with zero attached hydrogens (tertiary/aromatic N) is 4. The van der Waals surface area contributed by atoms with Crippen molar-refractivity contribution in [2.45, 2.75) is 13.3 Å². The van der Waals surface area contributed by atoms with Crippen molar-refractivity contribution in [2.75, 3.05) is 16.8 Å². The highest BCUT2D eigenvalue weighted by Gasteiger charge is 2.22. The standard InChI is InChI=1S/C15H11N5O/c1-10(21)20-5-4-11-6-13(2-3-15(11)20)19-14(9-18)12(7-16)8-17/h2-3,6,19H,4-5H2,1H3. The zero-order valence-corrected chi connectivity index (χ0v) is 11.3. The third kappa shape index (κ3) is 2.68. The summed E-state index contributed by atoms with van der Waals surface area (Å²) in [6.07, 6.45) is 0.736. The molecule has 0 unspecified atom stereocenters. The lowest BCUT2D eigenvalue weighted by Crippen LogP contribution is -2.25. The molecule has 2 rings (SSSR count). The first-order valence-corrected chi connectivity index (χ1v) is 6.23. The number of carbonyl (C=O) groups excluding carboxylic acids is 1. The fourth-order valence-electron chi connectivity index (χ4n) is 2.23. The Labute approximate surface area is 122 Å². The normalized spacial score (nSPS) is 11.6. The number of rotatable bonds is 2. The van der Waals surface area contributed by atoms with Gasteiger partial charge in [-0.1, -0.05) is 0 Å². The average molecular weight is 277 g/mol. The van der Waals surface area contributed by atoms with Crippen molar-refractivity contribution in [1.29, 1.82) is 15.8 Å². The zero-order valence-electron chi connectivity index (χ0n) is 11.3. The van der Waals surface area contributed by atoms with Crippen LogP contribution in [-0.2, 0) is 11.2 Å². The molecule has 21 heavy (non-hydrogen) atoms. The molecular weight excluding hydrogens is 266 g/mol. The van der Waals surface area contributed by atoms with E-state index < -0.39 is 0 Å². The molecule has 0 aliphatic carbocycles. The van der Waals surface area contributed by atoms with Crippen LogP contribution >= 0.6 is 0 Å². The first-order chi connectivity index (χ1) is 10.1. The first kappa shape index (κ1) is 14.1. The number of anilines is 2. The molecule has 0 radical (unpaired) electrons. The molecule has 0 atom stereocenters. The van der Waals surface area contributed by atoms with Gasteiger partial charge in [-0.3, -0.25) is 4.79 Å². The summed E-state index contributed by atoms with van der Waals surface area (Å²) in [5.41, 5.74) is 2.11. The molecule has 1 aromatic rings. The molecule has 1 N–H and O–H groups in total. The number of hydrogen-bond acceptors (Lipinski definition) is 5. The summed E-state index contributed by atoms with van der Waals surface area (Å²) in [5.74, 6) is -0.0108. The van der Waals surface area contributed by atoms with Crippen LogP contribution in [0.25, 0.3) is 0 Å². The van der Waals surface area contributed by atoms with Crippen LogP contribution in [-0.4, -0.2) is 12.5 Å². The Kier molecular flexibility index (Phi) is 3.88. The van der Waals surface area contributed by atoms with E-state index in [0.29, 0.717) is 12.2 Å². The van der Waals surface area contributed by atoms with E-state index in [1.54, 1.807) is 35.2 Å². The van der Waals surface area contributed by atoms with Gasteiger partial charge < -0.3 is 10.2 Å². The van der Waals surface area contributed by atoms with Crippen LogP contribution in [0.4, 0.5) is 11.4 Å². The highest BCUT2D eigenvalue weighted by molar-refractivity contribution is 5.94. The van der Waals surface area contributed by atoms with Crippen molar-refractivity contribution in [3.63, 3.8) is 0 Å². The summed E-state index contributed by atoms with van der Waals surface area (Å²) in [5, 5.41) is 29.4. The van der Waals surface area contributed by atoms with Gasteiger partial charge in [0.25, 0.3) is 0 Å². The van der Waals surface area contributed by atoms with Gasteiger partial charge >= 0.3 is 0 Å². The lowest BCUT2D eigenvalue weighted by Gasteiger charge is -2.15. The molecule has 1 heterocycles. The molecule has 0 saturated carbocycles. The third-order valence-electron chi connectivity index (χ3n) is 3.21. The second-order valence-electron chi connectivity index (χ2n) is 4.47. The Morgan fingerprint density at radius 1 is 1.24 bits per heavy atom. The summed E-state index contributed by atoms with van der Waals surface area (Å²) in [6, 6.07) is 10.5. The predicted octanol–water partition coefficient (Wildman–Crippen LogP) is 1.83. The highest BCUT2D eigenvalue weighted by atomic mass is 16.2. The van der Waals surface area contributed by atoms with Gasteiger partial charge in [-0.05, 0) is 30.2 Å². The van der Waals surface area contributed by atoms with Crippen LogP contribution in [0.2, 0.25) is 0 Å². The Morgan fingerprint density at radius 2 is 1.95 bits per heavy atom. The summed E-state index contributed by atoms with van der Waals surface area (Å²) < 4.78 is 0. The van der Waals surface area contributed by atoms with Crippen molar-refractivity contribution in [2.24, 2.45) is 0 Å². The van der Waals surface area contributed by atoms with Crippen LogP contribution in [0.5, 0.6) is 0 Å². The van der Waals surface area contributed by atoms with Gasteiger partial charge in [-0.15, -0.1) is 0 Å². The maximum Gasteiger partial charge on any atom is 0.223 e. The fourth-order valence-corrected chi connectivity index (χ4v) is 2.23. The van der Waals surface area contributed by atoms with Crippen molar-refractivity contribution in [1.82, 2.24) is 0 Å². The van der Waals surface area contributed by atoms with Gasteiger partial charge in [0.05, 0.1) is 0 Å². The molecule has 6 heteroatoms. The average Bonchev–Trinajstić information content (AvgIpc) is 2.90. The monoisotopic (exact) mass is 277 g/mol. The number of carbonyl (C=O) groups is 1. The smallest absolute Gasteiger partial charge is 0.223 e. The number of nitriles is 3. The number of amides is 1. The van der Waals surface area contributed by atoms with Crippen molar-refractivity contribution >= 4 is 17.3 Å². The predicted molar refractivity (Wildman–Crippen MR) is 75.7 cm³/mol. The molecule has 0 spiro atoms. The van der Waals surface area contributed by atoms with Gasteiger partial charge in [0.2, 0.25) is 5.91 Å². The molecule has 1 aliphatic rings. The minimum atomic E-state index is -0.261. The lowest BCUT2D eigenvalue weighted by molar-refractivity contribution is -0.116. The Balaban J connectivity index is 2.32. The van der Waals surface area contributed by atoms with Crippen LogP contribution in [0, 0.1) is 34.0 Å². The number of nitrogens with one attached hydrogen (secondary N) is 1. The number of benzene rings is 1. The van der Waals surface area contributed by atoms with Gasteiger partial charge in [0, 0.05) is 24.8 Å². The van der Waals surface area contributed by atoms with Crippen molar-refractivity contribution < 1.29 is 4.79 Å². The van der Waals surface area contributed by atoms with Crippen molar-refractivity contribution in [3.8, 4) is 18.2 Å². The molecule has 1 amide bonds. The van der Waals surface area contributed by atoms with Gasteiger partial charge in [0.15, 0.2) is 5.57 Å². The van der Waals surface area contributed by atoms with Gasteiger partial charge in [0.1, 0.15) is 23.9 Å². The maximum atomic E-state index is 11.5. The van der Waals surface area contributed by atoms with E-state index in [0.717, 1.165) is 17.7 Å². The van der Waals surface area contributed by atoms with Crippen molar-refractivity contribution in [3.05, 3.63) is 35.0 Å². The van der Waals surface area contributed by atoms with Gasteiger partial charge in [-0.2, -0.15) is 15.8 Å². The van der Waals surface area contributed by atoms with E-state index in [1.165, 1.54) is 6.92 Å². The fraction of sp³-hybridized carbons (Fsp3) is 0.200. The van der Waals surface area contributed by atoms with E-state index in [2.05, 4.69) is 5.32 Å². The SMILES string of the molecule is CC(=O)N1CCc2cc(NC(C#N)=C(C#N)C#N)ccc21. The van der Waals surface area contributed by atoms with Crippen LogP contribution < -0.4 is 10.2 Å². The summed E-state index contributed by atoms with van der Waals surface area (Å²) >= 11 is 0. The molecule has 0 saturated heterocycles. The molecule has 6 nitrogen and oxygen atoms in total. The highest BCUT2D eigenvalue weighted by Crippen LogP contribution is 2.30. The molecular formula is C15H11N5O. The number of allylic oxidation sites excluding steroid dienone is 2. The van der Waals surface area contributed by atoms with E-state index in [9.17, 15) is 4.79 Å². The summed E-state index contributed by atoms with van der Waals surface area (Å²) in [4.78, 5) is 13.2. The minimum absolute atomic E-state index is 0.0108. The van der Waals surface area contributed by atoms with Crippen LogP contribution in [0.1, 0.15) is 12.5 Å². The number of hydrogen-bond donors (Lipinski definition) is 1. The molecule has 1 aliphatic heterocycles. The van der Waals surface area contributed by atoms with Gasteiger partial charge in [-0.25, -0.2) is 0 Å². The second-order valence-corrected chi connectivity index (χ2v) is 4.47. The second kappa shape index (κ2) is 5.77. The molecule has 0 aromatic heterocycles. The summed E-state index contributed by atoms with van der Waals surface area (Å²) in [7, 11) is 0. The van der Waals surface area contributed by atoms with Crippen LogP contribution in [0.3, 0.4) is 0 Å². The van der Waals surface area contributed by atoms with E-state index >= 15 is 0 Å². The third-order valence-corrected chi connectivity index (χ3v) is 3.21. The van der Waals surface area contributed by atoms with E-state index in [-0.39, 0.29) is 17.2 Å². The number of fused-ring (bicyclic) bond motifs is 1. The summed E-state index contributed by atoms with van der Waals surface area (Å²) in [6.45, 7) is 2.15. The molecule has 102 valence electrons. The Morgan fingerprint density at radius 3 is 2.52 bits per heavy atom. The topological polar surface area (TPSA) is 104 Å². The molecule has 0 bridgehead atoms. The lowest BCUT2D eigenvalue weighted by atomic mass is 10.1. The largest absolute Gasteiger partial charge is 0.345 e. The molecule has 1 aromatic carbocycles. The zero-order chi connectivity index (χ0) is 15.4. The van der Waals surface area contributed by atoms with Crippen LogP contribution in [0.15, 0.2) is 29.5 Å². The van der Waals surface area contributed by atoms with E-state index in [4.69, 9.17) is 15.8 Å². The maximum absolute atomic E-state index is 11.5. The Bertz CT molecular complexity index is 742. The minimum Gasteiger partial charge on any atom is -0.345 e.